The second kappa shape index (κ2) is 8.99. The Kier molecular flexibility index (Phi) is 6.24. The molecule has 34 heavy (non-hydrogen) atoms. The maximum absolute atomic E-state index is 13.1. The molecule has 3 aromatic rings. The number of halogens is 4. The van der Waals surface area contributed by atoms with E-state index in [4.69, 9.17) is 17.3 Å². The highest BCUT2D eigenvalue weighted by Crippen LogP contribution is 2.34. The predicted molar refractivity (Wildman–Crippen MR) is 118 cm³/mol. The number of aromatic nitrogens is 1. The lowest BCUT2D eigenvalue weighted by Crippen LogP contribution is -2.54. The molecule has 0 saturated heterocycles. The van der Waals surface area contributed by atoms with E-state index in [0.717, 1.165) is 5.56 Å². The van der Waals surface area contributed by atoms with Gasteiger partial charge in [0.1, 0.15) is 11.7 Å². The highest BCUT2D eigenvalue weighted by atomic mass is 35.5. The molecule has 2 amide bonds. The van der Waals surface area contributed by atoms with Gasteiger partial charge in [-0.2, -0.15) is 13.2 Å². The van der Waals surface area contributed by atoms with Crippen LogP contribution in [-0.2, 0) is 16.0 Å². The number of hydrogen-bond acceptors (Lipinski definition) is 5. The van der Waals surface area contributed by atoms with Gasteiger partial charge in [-0.05, 0) is 29.8 Å². The molecule has 0 aliphatic carbocycles. The van der Waals surface area contributed by atoms with Crippen molar-refractivity contribution in [3.8, 4) is 5.75 Å². The molecule has 0 bridgehead atoms. The van der Waals surface area contributed by atoms with Gasteiger partial charge in [-0.3, -0.25) is 9.59 Å². The lowest BCUT2D eigenvalue weighted by atomic mass is 9.97. The fourth-order valence-electron chi connectivity index (χ4n) is 3.82. The molecule has 12 heteroatoms. The van der Waals surface area contributed by atoms with Gasteiger partial charge in [0.2, 0.25) is 5.91 Å². The van der Waals surface area contributed by atoms with E-state index in [1.54, 1.807) is 24.3 Å². The first kappa shape index (κ1) is 23.6. The van der Waals surface area contributed by atoms with Crippen LogP contribution in [0.15, 0.2) is 42.5 Å². The molecule has 178 valence electrons. The Morgan fingerprint density at radius 2 is 1.97 bits per heavy atom. The summed E-state index contributed by atoms with van der Waals surface area (Å²) in [5.41, 5.74) is 6.85. The number of alkyl halides is 3. The van der Waals surface area contributed by atoms with E-state index in [0.29, 0.717) is 5.69 Å². The van der Waals surface area contributed by atoms with E-state index in [1.807, 2.05) is 0 Å². The Labute approximate surface area is 195 Å². The van der Waals surface area contributed by atoms with Gasteiger partial charge < -0.3 is 25.7 Å². The summed E-state index contributed by atoms with van der Waals surface area (Å²) in [6.07, 6.45) is -5.13. The Morgan fingerprint density at radius 3 is 2.68 bits per heavy atom. The number of hydrogen-bond donors (Lipinski definition) is 3. The van der Waals surface area contributed by atoms with Crippen molar-refractivity contribution in [1.82, 2.24) is 10.3 Å². The first-order valence-electron chi connectivity index (χ1n) is 10.1. The third-order valence-electron chi connectivity index (χ3n) is 5.29. The Morgan fingerprint density at radius 1 is 1.24 bits per heavy atom. The summed E-state index contributed by atoms with van der Waals surface area (Å²) in [4.78, 5) is 41.8. The predicted octanol–water partition coefficient (Wildman–Crippen LogP) is 2.94. The topological polar surface area (TPSA) is 118 Å². The summed E-state index contributed by atoms with van der Waals surface area (Å²) >= 11 is 5.94. The second-order valence-electron chi connectivity index (χ2n) is 7.54. The zero-order chi connectivity index (χ0) is 24.6. The number of H-pyrrole nitrogens is 1. The standard InChI is InChI=1S/C22H18ClF3N4O4/c23-12-5-6-14-13(10-12)18(34-21(33)22(24,25)26)17(28-14)19(31)29-15-9-11-3-1-2-4-16(11)30(8-7-27)20(15)32/h1-6,10,15,28H,7-9,27H2,(H,29,31). The number of para-hydroxylation sites is 1. The number of ether oxygens (including phenoxy) is 1. The van der Waals surface area contributed by atoms with Crippen LogP contribution in [0, 0.1) is 0 Å². The molecule has 8 nitrogen and oxygen atoms in total. The van der Waals surface area contributed by atoms with Crippen molar-refractivity contribution in [3.63, 3.8) is 0 Å². The zero-order valence-corrected chi connectivity index (χ0v) is 18.2. The smallest absolute Gasteiger partial charge is 0.417 e. The first-order chi connectivity index (χ1) is 16.1. The average Bonchev–Trinajstić information content (AvgIpc) is 3.13. The van der Waals surface area contributed by atoms with Gasteiger partial charge in [0, 0.05) is 41.1 Å². The molecule has 1 aliphatic heterocycles. The molecule has 2 heterocycles. The Bertz CT molecular complexity index is 1290. The summed E-state index contributed by atoms with van der Waals surface area (Å²) in [5.74, 6) is -4.49. The van der Waals surface area contributed by atoms with Gasteiger partial charge in [-0.15, -0.1) is 0 Å². The van der Waals surface area contributed by atoms with Crippen LogP contribution in [0.5, 0.6) is 5.75 Å². The molecule has 1 aromatic heterocycles. The minimum Gasteiger partial charge on any atom is -0.417 e. The molecule has 1 aliphatic rings. The van der Waals surface area contributed by atoms with Gasteiger partial charge in [0.15, 0.2) is 5.75 Å². The molecule has 2 aromatic carbocycles. The van der Waals surface area contributed by atoms with Crippen molar-refractivity contribution in [2.75, 3.05) is 18.0 Å². The van der Waals surface area contributed by atoms with E-state index in [2.05, 4.69) is 15.0 Å². The highest BCUT2D eigenvalue weighted by Gasteiger charge is 2.43. The third kappa shape index (κ3) is 4.44. The monoisotopic (exact) mass is 494 g/mol. The van der Waals surface area contributed by atoms with Crippen LogP contribution in [0.3, 0.4) is 0 Å². The maximum atomic E-state index is 13.1. The van der Waals surface area contributed by atoms with Crippen LogP contribution < -0.4 is 20.7 Å². The van der Waals surface area contributed by atoms with Gasteiger partial charge in [0.05, 0.1) is 0 Å². The summed E-state index contributed by atoms with van der Waals surface area (Å²) in [7, 11) is 0. The molecule has 0 fully saturated rings. The van der Waals surface area contributed by atoms with Crippen LogP contribution in [0.25, 0.3) is 10.9 Å². The number of aromatic amines is 1. The second-order valence-corrected chi connectivity index (χ2v) is 7.98. The highest BCUT2D eigenvalue weighted by molar-refractivity contribution is 6.31. The fourth-order valence-corrected chi connectivity index (χ4v) is 3.99. The fraction of sp³-hybridized carbons (Fsp3) is 0.227. The van der Waals surface area contributed by atoms with E-state index in [1.165, 1.54) is 23.1 Å². The zero-order valence-electron chi connectivity index (χ0n) is 17.4. The van der Waals surface area contributed by atoms with Crippen LogP contribution in [-0.4, -0.2) is 48.1 Å². The minimum atomic E-state index is -5.29. The molecule has 0 saturated carbocycles. The largest absolute Gasteiger partial charge is 0.491 e. The number of carbonyl (C=O) groups is 3. The molecule has 1 atom stereocenters. The summed E-state index contributed by atoms with van der Waals surface area (Å²) < 4.78 is 43.1. The molecular formula is C22H18ClF3N4O4. The van der Waals surface area contributed by atoms with Crippen molar-refractivity contribution in [1.29, 1.82) is 0 Å². The van der Waals surface area contributed by atoms with E-state index >= 15 is 0 Å². The number of fused-ring (bicyclic) bond motifs is 2. The van der Waals surface area contributed by atoms with Crippen LogP contribution in [0.2, 0.25) is 5.02 Å². The number of benzene rings is 2. The molecule has 4 rings (SSSR count). The molecular weight excluding hydrogens is 477 g/mol. The first-order valence-corrected chi connectivity index (χ1v) is 10.5. The average molecular weight is 495 g/mol. The summed E-state index contributed by atoms with van der Waals surface area (Å²) in [6, 6.07) is 10.2. The number of nitrogens with zero attached hydrogens (tertiary/aromatic N) is 1. The summed E-state index contributed by atoms with van der Waals surface area (Å²) in [5, 5.41) is 2.69. The third-order valence-corrected chi connectivity index (χ3v) is 5.53. The number of nitrogens with one attached hydrogen (secondary N) is 2. The van der Waals surface area contributed by atoms with Crippen molar-refractivity contribution in [2.24, 2.45) is 5.73 Å². The van der Waals surface area contributed by atoms with Crippen molar-refractivity contribution < 1.29 is 32.3 Å². The molecule has 1 unspecified atom stereocenters. The lowest BCUT2D eigenvalue weighted by Gasteiger charge is -2.34. The van der Waals surface area contributed by atoms with Crippen LogP contribution >= 0.6 is 11.6 Å². The maximum Gasteiger partial charge on any atom is 0.491 e. The van der Waals surface area contributed by atoms with E-state index in [9.17, 15) is 27.6 Å². The Balaban J connectivity index is 1.69. The van der Waals surface area contributed by atoms with Gasteiger partial charge in [-0.25, -0.2) is 4.79 Å². The van der Waals surface area contributed by atoms with Crippen molar-refractivity contribution in [2.45, 2.75) is 18.6 Å². The van der Waals surface area contributed by atoms with Crippen LogP contribution in [0.4, 0.5) is 18.9 Å². The normalized spacial score (nSPS) is 15.9. The Hall–Kier alpha value is -3.57. The number of anilines is 1. The van der Waals surface area contributed by atoms with E-state index < -0.39 is 41.4 Å². The van der Waals surface area contributed by atoms with Gasteiger partial charge >= 0.3 is 12.1 Å². The molecule has 4 N–H and O–H groups in total. The van der Waals surface area contributed by atoms with Gasteiger partial charge in [0.25, 0.3) is 5.91 Å². The number of rotatable bonds is 5. The van der Waals surface area contributed by atoms with Crippen molar-refractivity contribution >= 4 is 46.0 Å². The number of carbonyl (C=O) groups excluding carboxylic acids is 3. The molecule has 0 spiro atoms. The SMILES string of the molecule is NCCN1C(=O)C(NC(=O)c2[nH]c3ccc(Cl)cc3c2OC(=O)C(F)(F)F)Cc2ccccc21. The van der Waals surface area contributed by atoms with Crippen LogP contribution in [0.1, 0.15) is 16.1 Å². The van der Waals surface area contributed by atoms with E-state index in [-0.39, 0.29) is 35.4 Å². The lowest BCUT2D eigenvalue weighted by molar-refractivity contribution is -0.189. The minimum absolute atomic E-state index is 0.000301. The number of esters is 1. The van der Waals surface area contributed by atoms with Gasteiger partial charge in [-0.1, -0.05) is 29.8 Å². The van der Waals surface area contributed by atoms with Crippen molar-refractivity contribution in [3.05, 3.63) is 58.7 Å². The number of nitrogens with two attached hydrogens (primary N) is 1. The number of amides is 2. The molecule has 0 radical (unpaired) electrons. The quantitative estimate of drug-likeness (QED) is 0.471. The summed E-state index contributed by atoms with van der Waals surface area (Å²) in [6.45, 7) is 0.391.